The van der Waals surface area contributed by atoms with Gasteiger partial charge in [0.05, 0.1) is 7.05 Å². The number of piperidine rings is 1. The minimum atomic E-state index is 0. The molecule has 0 N–H and O–H groups in total. The number of aryl methyl sites for hydroxylation is 1. The van der Waals surface area contributed by atoms with E-state index in [9.17, 15) is 0 Å². The maximum Gasteiger partial charge on any atom is 1.00 e. The van der Waals surface area contributed by atoms with Crippen molar-refractivity contribution in [1.82, 2.24) is 25.1 Å². The van der Waals surface area contributed by atoms with Crippen LogP contribution in [0.4, 0.5) is 0 Å². The van der Waals surface area contributed by atoms with Crippen LogP contribution in [0, 0.1) is 5.92 Å². The van der Waals surface area contributed by atoms with Gasteiger partial charge in [-0.1, -0.05) is 5.21 Å². The van der Waals surface area contributed by atoms with E-state index in [4.69, 9.17) is 0 Å². The molecule has 0 radical (unpaired) electrons. The van der Waals surface area contributed by atoms with Crippen LogP contribution in [0.3, 0.4) is 0 Å². The van der Waals surface area contributed by atoms with Gasteiger partial charge in [0, 0.05) is 5.82 Å². The molecule has 14 heavy (non-hydrogen) atoms. The van der Waals surface area contributed by atoms with Crippen LogP contribution in [0.15, 0.2) is 0 Å². The van der Waals surface area contributed by atoms with Crippen molar-refractivity contribution >= 4 is 0 Å². The molecule has 1 aromatic rings. The van der Waals surface area contributed by atoms with Crippen LogP contribution in [0.2, 0.25) is 0 Å². The van der Waals surface area contributed by atoms with E-state index in [1.54, 1.807) is 7.05 Å². The van der Waals surface area contributed by atoms with Gasteiger partial charge in [-0.3, -0.25) is 0 Å². The van der Waals surface area contributed by atoms with Gasteiger partial charge in [-0.15, -0.1) is 17.9 Å². The molecule has 0 atom stereocenters. The molecule has 0 bridgehead atoms. The SMILES string of the molecule is CN1CC[C-](c2nnn(C)n2)CC1.[Rb+]. The monoisotopic (exact) mass is 265 g/mol. The Kier molecular flexibility index (Phi) is 5.20. The molecule has 5 nitrogen and oxygen atoms in total. The predicted molar refractivity (Wildman–Crippen MR) is 47.9 cm³/mol. The summed E-state index contributed by atoms with van der Waals surface area (Å²) in [4.78, 5) is 3.83. The molecular weight excluding hydrogens is 252 g/mol. The van der Waals surface area contributed by atoms with Gasteiger partial charge in [0.25, 0.3) is 0 Å². The van der Waals surface area contributed by atoms with Gasteiger partial charge in [0.1, 0.15) is 0 Å². The van der Waals surface area contributed by atoms with E-state index in [0.29, 0.717) is 0 Å². The topological polar surface area (TPSA) is 46.8 Å². The first kappa shape index (κ1) is 12.8. The van der Waals surface area contributed by atoms with Gasteiger partial charge >= 0.3 is 58.2 Å². The molecule has 1 saturated heterocycles. The first-order valence-corrected chi connectivity index (χ1v) is 4.53. The largest absolute Gasteiger partial charge is 1.00 e. The third-order valence-electron chi connectivity index (χ3n) is 2.42. The molecule has 1 aromatic heterocycles. The zero-order chi connectivity index (χ0) is 9.26. The molecule has 1 aliphatic rings. The second-order valence-corrected chi connectivity index (χ2v) is 3.51. The summed E-state index contributed by atoms with van der Waals surface area (Å²) in [5, 5.41) is 12.0. The van der Waals surface area contributed by atoms with Crippen molar-refractivity contribution in [3.8, 4) is 0 Å². The van der Waals surface area contributed by atoms with Crippen molar-refractivity contribution in [1.29, 1.82) is 0 Å². The zero-order valence-corrected chi connectivity index (χ0v) is 14.0. The number of hydrogen-bond acceptors (Lipinski definition) is 4. The van der Waals surface area contributed by atoms with Crippen molar-refractivity contribution in [3.63, 3.8) is 0 Å². The summed E-state index contributed by atoms with van der Waals surface area (Å²) in [7, 11) is 3.94. The smallest absolute Gasteiger partial charge is 0.311 e. The van der Waals surface area contributed by atoms with Crippen molar-refractivity contribution in [2.75, 3.05) is 20.1 Å². The number of hydrogen-bond donors (Lipinski definition) is 0. The Morgan fingerprint density at radius 2 is 1.86 bits per heavy atom. The summed E-state index contributed by atoms with van der Waals surface area (Å²) in [5.41, 5.74) is 0. The third-order valence-corrected chi connectivity index (χ3v) is 2.42. The normalized spacial score (nSPS) is 18.0. The number of likely N-dealkylation sites (tertiary alicyclic amines) is 1. The number of nitrogens with zero attached hydrogens (tertiary/aromatic N) is 5. The van der Waals surface area contributed by atoms with Crippen molar-refractivity contribution in [2.45, 2.75) is 12.8 Å². The minimum absolute atomic E-state index is 0. The van der Waals surface area contributed by atoms with E-state index in [1.807, 2.05) is 0 Å². The first-order valence-electron chi connectivity index (χ1n) is 4.53. The standard InChI is InChI=1S/C8H14N5.Rb/c1-12-5-3-7(4-6-12)8-9-11-13(2)10-8;/h3-6H2,1-2H3;/q-1;+1. The third kappa shape index (κ3) is 3.10. The van der Waals surface area contributed by atoms with Gasteiger partial charge in [-0.05, 0) is 20.1 Å². The van der Waals surface area contributed by atoms with Gasteiger partial charge in [-0.25, -0.2) is 0 Å². The van der Waals surface area contributed by atoms with Crippen LogP contribution in [0.25, 0.3) is 0 Å². The molecule has 0 amide bonds. The molecule has 0 saturated carbocycles. The Morgan fingerprint density at radius 1 is 1.21 bits per heavy atom. The molecule has 0 spiro atoms. The first-order chi connectivity index (χ1) is 6.25. The number of aromatic nitrogens is 4. The molecule has 0 aliphatic carbocycles. The fourth-order valence-electron chi connectivity index (χ4n) is 1.54. The molecule has 72 valence electrons. The molecular formula is C8H14N5Rb. The Bertz CT molecular complexity index is 279. The minimum Gasteiger partial charge on any atom is -0.311 e. The van der Waals surface area contributed by atoms with Crippen LogP contribution in [-0.2, 0) is 7.05 Å². The van der Waals surface area contributed by atoms with E-state index in [1.165, 1.54) is 10.7 Å². The fraction of sp³-hybridized carbons (Fsp3) is 0.750. The Morgan fingerprint density at radius 3 is 2.36 bits per heavy atom. The van der Waals surface area contributed by atoms with E-state index in [0.717, 1.165) is 31.8 Å². The summed E-state index contributed by atoms with van der Waals surface area (Å²) in [5.74, 6) is 2.17. The Hall–Kier alpha value is 0.705. The Balaban J connectivity index is 0.000000980. The van der Waals surface area contributed by atoms with Crippen LogP contribution in [0.1, 0.15) is 18.7 Å². The van der Waals surface area contributed by atoms with Crippen molar-refractivity contribution < 1.29 is 58.2 Å². The Labute approximate surface area is 133 Å². The second-order valence-electron chi connectivity index (χ2n) is 3.51. The molecule has 1 fully saturated rings. The molecule has 0 aromatic carbocycles. The van der Waals surface area contributed by atoms with Crippen LogP contribution in [0.5, 0.6) is 0 Å². The quantitative estimate of drug-likeness (QED) is 0.504. The summed E-state index contributed by atoms with van der Waals surface area (Å²) < 4.78 is 0. The van der Waals surface area contributed by atoms with Gasteiger partial charge in [0.15, 0.2) is 0 Å². The molecule has 0 unspecified atom stereocenters. The average Bonchev–Trinajstić information content (AvgIpc) is 2.53. The zero-order valence-electron chi connectivity index (χ0n) is 9.06. The number of tetrazole rings is 1. The van der Waals surface area contributed by atoms with E-state index in [2.05, 4.69) is 27.4 Å². The van der Waals surface area contributed by atoms with E-state index < -0.39 is 0 Å². The maximum absolute atomic E-state index is 4.20. The average molecular weight is 266 g/mol. The second kappa shape index (κ2) is 5.70. The van der Waals surface area contributed by atoms with E-state index >= 15 is 0 Å². The molecule has 1 aliphatic heterocycles. The summed E-state index contributed by atoms with van der Waals surface area (Å²) in [6.07, 6.45) is 2.14. The van der Waals surface area contributed by atoms with Crippen molar-refractivity contribution in [2.24, 2.45) is 7.05 Å². The van der Waals surface area contributed by atoms with Crippen molar-refractivity contribution in [3.05, 3.63) is 11.7 Å². The van der Waals surface area contributed by atoms with Crippen LogP contribution < -0.4 is 58.2 Å². The molecule has 2 heterocycles. The maximum atomic E-state index is 4.20. The van der Waals surface area contributed by atoms with Gasteiger partial charge < -0.3 is 10.8 Å². The predicted octanol–water partition coefficient (Wildman–Crippen LogP) is -3.14. The van der Waals surface area contributed by atoms with Crippen LogP contribution in [-0.4, -0.2) is 45.2 Å². The molecule has 2 rings (SSSR count). The van der Waals surface area contributed by atoms with Gasteiger partial charge in [0.2, 0.25) is 0 Å². The fourth-order valence-corrected chi connectivity index (χ4v) is 1.54. The van der Waals surface area contributed by atoms with Crippen LogP contribution >= 0.6 is 0 Å². The van der Waals surface area contributed by atoms with Gasteiger partial charge in [-0.2, -0.15) is 9.90 Å². The summed E-state index contributed by atoms with van der Waals surface area (Å²) in [6.45, 7) is 2.21. The van der Waals surface area contributed by atoms with E-state index in [-0.39, 0.29) is 58.2 Å². The molecule has 6 heteroatoms. The summed E-state index contributed by atoms with van der Waals surface area (Å²) >= 11 is 0. The number of rotatable bonds is 1. The summed E-state index contributed by atoms with van der Waals surface area (Å²) in [6, 6.07) is 0.